The lowest BCUT2D eigenvalue weighted by Gasteiger charge is -2.29. The highest BCUT2D eigenvalue weighted by molar-refractivity contribution is 6.02. The van der Waals surface area contributed by atoms with Gasteiger partial charge in [0, 0.05) is 19.4 Å². The number of amides is 8. The van der Waals surface area contributed by atoms with E-state index in [0.717, 1.165) is 6.92 Å². The molecule has 0 saturated carbocycles. The van der Waals surface area contributed by atoms with Crippen LogP contribution in [0.3, 0.4) is 0 Å². The molecule has 1 aromatic carbocycles. The van der Waals surface area contributed by atoms with E-state index in [0.29, 0.717) is 12.0 Å². The number of aliphatic hydroxyl groups is 4. The van der Waals surface area contributed by atoms with Crippen molar-refractivity contribution < 1.29 is 58.8 Å². The van der Waals surface area contributed by atoms with Gasteiger partial charge in [0.15, 0.2) is 0 Å². The molecule has 1 saturated heterocycles. The Hall–Kier alpha value is -5.06. The lowest BCUT2D eigenvalue weighted by Crippen LogP contribution is -2.63. The van der Waals surface area contributed by atoms with E-state index in [1.165, 1.54) is 0 Å². The van der Waals surface area contributed by atoms with Gasteiger partial charge >= 0.3 is 0 Å². The van der Waals surface area contributed by atoms with Crippen molar-refractivity contribution in [1.29, 1.82) is 0 Å². The number of primary amides is 2. The van der Waals surface area contributed by atoms with Crippen molar-refractivity contribution in [2.24, 2.45) is 11.5 Å². The first-order chi connectivity index (χ1) is 25.6. The Morgan fingerprint density at radius 2 is 1.50 bits per heavy atom. The molecule has 0 radical (unpaired) electrons. The minimum atomic E-state index is -1.76. The summed E-state index contributed by atoms with van der Waals surface area (Å²) in [7, 11) is 0. The molecular formula is C33H51N9O12. The van der Waals surface area contributed by atoms with Gasteiger partial charge in [-0.25, -0.2) is 0 Å². The fourth-order valence-corrected chi connectivity index (χ4v) is 5.33. The second-order valence-electron chi connectivity index (χ2n) is 12.7. The zero-order valence-electron chi connectivity index (χ0n) is 29.8. The predicted molar refractivity (Wildman–Crippen MR) is 188 cm³/mol. The van der Waals surface area contributed by atoms with Crippen LogP contribution in [0.1, 0.15) is 44.6 Å². The molecule has 8 atom stereocenters. The van der Waals surface area contributed by atoms with Crippen LogP contribution in [0.15, 0.2) is 30.3 Å². The monoisotopic (exact) mass is 765 g/mol. The summed E-state index contributed by atoms with van der Waals surface area (Å²) in [6.07, 6.45) is -1.65. The molecule has 8 amide bonds. The fraction of sp³-hybridized carbons (Fsp3) is 0.576. The first kappa shape index (κ1) is 45.1. The van der Waals surface area contributed by atoms with Gasteiger partial charge in [-0.1, -0.05) is 30.3 Å². The van der Waals surface area contributed by atoms with Crippen LogP contribution in [-0.2, 0) is 44.8 Å². The SMILES string of the molecule is C[C@@H](O)[C@@H]1NC(C(=O)N[C@@H](CO)C(=O)N[C@@H](Cc2ccccc2)C(N)=O)CCC(=O)NCCCCC(N[C@@H](CO)C(N)=O)C(=O)NC(=O)[C@H](CO)NC1=O. The maximum absolute atomic E-state index is 13.6. The van der Waals surface area contributed by atoms with Crippen molar-refractivity contribution >= 4 is 47.3 Å². The number of benzene rings is 1. The van der Waals surface area contributed by atoms with Gasteiger partial charge in [0.05, 0.1) is 38.0 Å². The number of carbonyl (C=O) groups is 8. The molecule has 1 aliphatic rings. The summed E-state index contributed by atoms with van der Waals surface area (Å²) in [6, 6.07) is -1.79. The third kappa shape index (κ3) is 14.8. The quantitative estimate of drug-likeness (QED) is 0.0784. The standard InChI is InChI=1S/C33H51N9O12/c1-17(46)26-33(54)41-24(16-45)32(53)42-30(51)19(37-22(14-43)28(35)49)9-5-6-12-36-25(47)11-10-20(38-26)29(50)40-23(15-44)31(52)39-21(27(34)48)13-18-7-3-2-4-8-18/h2-4,7-8,17,19-24,26,37-38,43-46H,5-6,9-16H2,1H3,(H2,34,48)(H2,35,49)(H,36,47)(H,39,52)(H,40,50)(H,41,54)(H,42,51,53)/t17-,19?,20?,21+,22+,23+,24+,26+/m1/s1. The van der Waals surface area contributed by atoms with Crippen molar-refractivity contribution in [2.45, 2.75) is 93.8 Å². The average Bonchev–Trinajstić information content (AvgIpc) is 3.12. The van der Waals surface area contributed by atoms with Crippen molar-refractivity contribution in [3.05, 3.63) is 35.9 Å². The summed E-state index contributed by atoms with van der Waals surface area (Å²) in [4.78, 5) is 103. The van der Waals surface area contributed by atoms with E-state index in [1.54, 1.807) is 30.3 Å². The van der Waals surface area contributed by atoms with Crippen LogP contribution < -0.4 is 48.7 Å². The summed E-state index contributed by atoms with van der Waals surface area (Å²) in [6.45, 7) is -1.46. The number of rotatable bonds is 14. The molecule has 2 unspecified atom stereocenters. The molecule has 15 N–H and O–H groups in total. The number of imide groups is 1. The van der Waals surface area contributed by atoms with Crippen molar-refractivity contribution in [1.82, 2.24) is 37.2 Å². The van der Waals surface area contributed by atoms with Gasteiger partial charge < -0.3 is 53.2 Å². The Kier molecular flexibility index (Phi) is 19.1. The number of aliphatic hydroxyl groups excluding tert-OH is 4. The number of nitrogens with one attached hydrogen (secondary N) is 7. The molecule has 1 aromatic rings. The molecule has 1 heterocycles. The van der Waals surface area contributed by atoms with Crippen LogP contribution in [0.4, 0.5) is 0 Å². The van der Waals surface area contributed by atoms with Gasteiger partial charge in [0.2, 0.25) is 41.4 Å². The Morgan fingerprint density at radius 1 is 0.852 bits per heavy atom. The summed E-state index contributed by atoms with van der Waals surface area (Å²) in [5, 5.41) is 56.7. The Bertz CT molecular complexity index is 1470. The van der Waals surface area contributed by atoms with E-state index in [1.807, 2.05) is 5.32 Å². The largest absolute Gasteiger partial charge is 0.394 e. The van der Waals surface area contributed by atoms with Crippen molar-refractivity contribution in [3.63, 3.8) is 0 Å². The number of hydrogen-bond acceptors (Lipinski definition) is 14. The summed E-state index contributed by atoms with van der Waals surface area (Å²) >= 11 is 0. The van der Waals surface area contributed by atoms with E-state index in [-0.39, 0.29) is 38.6 Å². The molecule has 1 fully saturated rings. The first-order valence-corrected chi connectivity index (χ1v) is 17.3. The normalized spacial score (nSPS) is 23.1. The zero-order valence-corrected chi connectivity index (χ0v) is 29.8. The van der Waals surface area contributed by atoms with Gasteiger partial charge in [-0.2, -0.15) is 0 Å². The Morgan fingerprint density at radius 3 is 2.07 bits per heavy atom. The molecule has 0 aliphatic carbocycles. The second kappa shape index (κ2) is 22.9. The minimum Gasteiger partial charge on any atom is -0.394 e. The lowest BCUT2D eigenvalue weighted by atomic mass is 10.0. The van der Waals surface area contributed by atoms with Crippen molar-refractivity contribution in [2.75, 3.05) is 26.4 Å². The van der Waals surface area contributed by atoms with Gasteiger partial charge in [0.1, 0.15) is 30.2 Å². The number of nitrogens with two attached hydrogens (primary N) is 2. The smallest absolute Gasteiger partial charge is 0.251 e. The van der Waals surface area contributed by atoms with E-state index in [4.69, 9.17) is 11.5 Å². The molecule has 2 rings (SSSR count). The van der Waals surface area contributed by atoms with Crippen LogP contribution in [0.5, 0.6) is 0 Å². The summed E-state index contributed by atoms with van der Waals surface area (Å²) in [5.41, 5.74) is 11.4. The minimum absolute atomic E-state index is 0.00275. The molecule has 21 heteroatoms. The van der Waals surface area contributed by atoms with Gasteiger partial charge in [-0.3, -0.25) is 54.3 Å². The zero-order chi connectivity index (χ0) is 40.4. The third-order valence-electron chi connectivity index (χ3n) is 8.43. The van der Waals surface area contributed by atoms with Crippen LogP contribution in [0.2, 0.25) is 0 Å². The highest BCUT2D eigenvalue weighted by Gasteiger charge is 2.35. The molecular weight excluding hydrogens is 714 g/mol. The number of hydrogen-bond donors (Lipinski definition) is 13. The molecule has 0 spiro atoms. The van der Waals surface area contributed by atoms with Crippen molar-refractivity contribution in [3.8, 4) is 0 Å². The Balaban J connectivity index is 2.31. The van der Waals surface area contributed by atoms with Crippen LogP contribution >= 0.6 is 0 Å². The van der Waals surface area contributed by atoms with Crippen LogP contribution in [0, 0.1) is 0 Å². The maximum atomic E-state index is 13.6. The van der Waals surface area contributed by atoms with E-state index in [9.17, 15) is 58.8 Å². The first-order valence-electron chi connectivity index (χ1n) is 17.3. The summed E-state index contributed by atoms with van der Waals surface area (Å²) < 4.78 is 0. The molecule has 0 aromatic heterocycles. The highest BCUT2D eigenvalue weighted by Crippen LogP contribution is 2.08. The molecule has 54 heavy (non-hydrogen) atoms. The van der Waals surface area contributed by atoms with E-state index in [2.05, 4.69) is 31.9 Å². The second-order valence-corrected chi connectivity index (χ2v) is 12.7. The molecule has 21 nitrogen and oxygen atoms in total. The maximum Gasteiger partial charge on any atom is 0.251 e. The van der Waals surface area contributed by atoms with Gasteiger partial charge in [-0.05, 0) is 38.2 Å². The predicted octanol–water partition coefficient (Wildman–Crippen LogP) is -6.61. The topological polar surface area (TPSA) is 354 Å². The molecule has 0 bridgehead atoms. The Labute approximate surface area is 310 Å². The average molecular weight is 766 g/mol. The van der Waals surface area contributed by atoms with Gasteiger partial charge in [-0.15, -0.1) is 0 Å². The van der Waals surface area contributed by atoms with E-state index < -0.39 is 115 Å². The fourth-order valence-electron chi connectivity index (χ4n) is 5.33. The summed E-state index contributed by atoms with van der Waals surface area (Å²) in [5.74, 6) is -7.65. The van der Waals surface area contributed by atoms with E-state index >= 15 is 0 Å². The third-order valence-corrected chi connectivity index (χ3v) is 8.43. The molecule has 300 valence electrons. The lowest BCUT2D eigenvalue weighted by molar-refractivity contribution is -0.138. The van der Waals surface area contributed by atoms with Gasteiger partial charge in [0.25, 0.3) is 5.91 Å². The highest BCUT2D eigenvalue weighted by atomic mass is 16.3. The number of carbonyl (C=O) groups excluding carboxylic acids is 8. The van der Waals surface area contributed by atoms with Crippen LogP contribution in [-0.4, -0.2) is 142 Å². The van der Waals surface area contributed by atoms with Crippen LogP contribution in [0.25, 0.3) is 0 Å². The molecule has 1 aliphatic heterocycles.